The van der Waals surface area contributed by atoms with Crippen LogP contribution in [0, 0.1) is 12.3 Å². The lowest BCUT2D eigenvalue weighted by atomic mass is 10.2. The third-order valence-corrected chi connectivity index (χ3v) is 9.42. The maximum Gasteiger partial charge on any atom is 0.332 e. The van der Waals surface area contributed by atoms with Crippen LogP contribution in [0.1, 0.15) is 29.0 Å². The molecule has 1 aliphatic carbocycles. The Labute approximate surface area is 204 Å². The minimum Gasteiger partial charge on any atom is -0.288 e. The molecule has 184 valence electrons. The zero-order chi connectivity index (χ0) is 25.0. The maximum atomic E-state index is 13.5. The quantitative estimate of drug-likeness (QED) is 0.355. The number of aromatic nitrogens is 5. The van der Waals surface area contributed by atoms with Gasteiger partial charge in [-0.3, -0.25) is 23.0 Å². The highest BCUT2D eigenvalue weighted by atomic mass is 32.2. The average Bonchev–Trinajstić information content (AvgIpc) is 3.27. The van der Waals surface area contributed by atoms with Crippen molar-refractivity contribution < 1.29 is 12.8 Å². The van der Waals surface area contributed by atoms with Gasteiger partial charge in [0.05, 0.1) is 58.7 Å². The minimum atomic E-state index is -3.82. The second-order valence-electron chi connectivity index (χ2n) is 9.21. The lowest BCUT2D eigenvalue weighted by Crippen LogP contribution is -2.40. The Morgan fingerprint density at radius 2 is 1.94 bits per heavy atom. The standard InChI is InChI=1S/C23H24FN5O4S2/c1-15-20(34-14-25-15)11-28-19-4-3-17(35(32,33)13-23(12-24)5-6-23)7-18(19)21(30)29(22(28)31)10-16-8-26-27(2)9-16/h3-4,7-9,14H,5-6,10-13H2,1-2H3. The van der Waals surface area contributed by atoms with Crippen molar-refractivity contribution in [3.05, 3.63) is 73.1 Å². The van der Waals surface area contributed by atoms with Crippen LogP contribution in [0.2, 0.25) is 0 Å². The van der Waals surface area contributed by atoms with E-state index in [1.54, 1.807) is 29.6 Å². The third kappa shape index (κ3) is 4.36. The molecule has 3 heterocycles. The van der Waals surface area contributed by atoms with Gasteiger partial charge in [0.1, 0.15) is 0 Å². The van der Waals surface area contributed by atoms with E-state index in [1.165, 1.54) is 34.1 Å². The van der Waals surface area contributed by atoms with E-state index >= 15 is 0 Å². The maximum absolute atomic E-state index is 13.5. The molecule has 0 aliphatic heterocycles. The van der Waals surface area contributed by atoms with E-state index in [2.05, 4.69) is 10.1 Å². The molecule has 0 saturated heterocycles. The molecular formula is C23H24FN5O4S2. The van der Waals surface area contributed by atoms with Crippen LogP contribution >= 0.6 is 11.3 Å². The summed E-state index contributed by atoms with van der Waals surface area (Å²) in [7, 11) is -2.09. The Kier molecular flexibility index (Phi) is 5.75. The first-order valence-corrected chi connectivity index (χ1v) is 13.6. The molecule has 1 saturated carbocycles. The summed E-state index contributed by atoms with van der Waals surface area (Å²) in [6.45, 7) is 1.33. The zero-order valence-electron chi connectivity index (χ0n) is 19.3. The van der Waals surface area contributed by atoms with Crippen LogP contribution in [0.15, 0.2) is 50.6 Å². The summed E-state index contributed by atoms with van der Waals surface area (Å²) in [6.07, 6.45) is 4.34. The van der Waals surface area contributed by atoms with Gasteiger partial charge in [0.15, 0.2) is 9.84 Å². The molecule has 12 heteroatoms. The van der Waals surface area contributed by atoms with Gasteiger partial charge in [0.2, 0.25) is 0 Å². The highest BCUT2D eigenvalue weighted by molar-refractivity contribution is 7.91. The molecule has 0 atom stereocenters. The first kappa shape index (κ1) is 23.6. The first-order chi connectivity index (χ1) is 16.6. The molecule has 0 radical (unpaired) electrons. The number of fused-ring (bicyclic) bond motifs is 1. The van der Waals surface area contributed by atoms with Crippen LogP contribution in [-0.4, -0.2) is 44.7 Å². The monoisotopic (exact) mass is 517 g/mol. The Balaban J connectivity index is 1.69. The summed E-state index contributed by atoms with van der Waals surface area (Å²) < 4.78 is 43.7. The number of alkyl halides is 1. The van der Waals surface area contributed by atoms with E-state index < -0.39 is 33.2 Å². The molecule has 0 spiro atoms. The summed E-state index contributed by atoms with van der Waals surface area (Å²) in [6, 6.07) is 4.20. The lowest BCUT2D eigenvalue weighted by molar-refractivity contribution is 0.367. The number of benzene rings is 1. The Hall–Kier alpha value is -3.12. The normalized spacial score (nSPS) is 15.1. The predicted octanol–water partition coefficient (Wildman–Crippen LogP) is 2.28. The topological polar surface area (TPSA) is 109 Å². The summed E-state index contributed by atoms with van der Waals surface area (Å²) in [5.41, 5.74) is 1.54. The smallest absolute Gasteiger partial charge is 0.288 e. The number of halogens is 1. The predicted molar refractivity (Wildman–Crippen MR) is 130 cm³/mol. The van der Waals surface area contributed by atoms with Crippen molar-refractivity contribution in [2.45, 2.75) is 37.8 Å². The molecule has 35 heavy (non-hydrogen) atoms. The number of sulfone groups is 1. The highest BCUT2D eigenvalue weighted by Gasteiger charge is 2.46. The zero-order valence-corrected chi connectivity index (χ0v) is 20.9. The number of hydrogen-bond donors (Lipinski definition) is 0. The summed E-state index contributed by atoms with van der Waals surface area (Å²) in [4.78, 5) is 32.0. The van der Waals surface area contributed by atoms with Crippen molar-refractivity contribution in [2.24, 2.45) is 12.5 Å². The second-order valence-corrected chi connectivity index (χ2v) is 12.1. The fraction of sp³-hybridized carbons (Fsp3) is 0.391. The van der Waals surface area contributed by atoms with E-state index in [-0.39, 0.29) is 29.1 Å². The van der Waals surface area contributed by atoms with E-state index in [9.17, 15) is 22.4 Å². The van der Waals surface area contributed by atoms with Crippen LogP contribution in [0.4, 0.5) is 4.39 Å². The fourth-order valence-corrected chi connectivity index (χ4v) is 6.90. The van der Waals surface area contributed by atoms with Crippen molar-refractivity contribution in [2.75, 3.05) is 12.4 Å². The lowest BCUT2D eigenvalue weighted by Gasteiger charge is -2.15. The van der Waals surface area contributed by atoms with E-state index in [4.69, 9.17) is 0 Å². The molecule has 1 fully saturated rings. The van der Waals surface area contributed by atoms with Gasteiger partial charge in [-0.25, -0.2) is 18.2 Å². The summed E-state index contributed by atoms with van der Waals surface area (Å²) in [5.74, 6) is -0.300. The number of hydrogen-bond acceptors (Lipinski definition) is 7. The molecular weight excluding hydrogens is 493 g/mol. The molecule has 0 unspecified atom stereocenters. The van der Waals surface area contributed by atoms with E-state index in [0.717, 1.165) is 15.1 Å². The molecule has 0 amide bonds. The number of thiazole rings is 1. The summed E-state index contributed by atoms with van der Waals surface area (Å²) in [5, 5.41) is 4.21. The SMILES string of the molecule is Cc1ncsc1Cn1c(=O)n(Cc2cnn(C)c2)c(=O)c2cc(S(=O)(=O)CC3(CF)CC3)ccc21. The van der Waals surface area contributed by atoms with E-state index in [1.807, 2.05) is 6.92 Å². The number of rotatable bonds is 8. The van der Waals surface area contributed by atoms with Crippen LogP contribution in [0.3, 0.4) is 0 Å². The molecule has 0 N–H and O–H groups in total. The van der Waals surface area contributed by atoms with Crippen LogP contribution < -0.4 is 11.2 Å². The van der Waals surface area contributed by atoms with Gasteiger partial charge in [0.25, 0.3) is 5.56 Å². The fourth-order valence-electron chi connectivity index (χ4n) is 4.23. The van der Waals surface area contributed by atoms with Crippen molar-refractivity contribution >= 4 is 32.1 Å². The van der Waals surface area contributed by atoms with E-state index in [0.29, 0.717) is 23.9 Å². The average molecular weight is 518 g/mol. The largest absolute Gasteiger partial charge is 0.332 e. The van der Waals surface area contributed by atoms with Crippen LogP contribution in [0.25, 0.3) is 10.9 Å². The molecule has 1 aliphatic rings. The van der Waals surface area contributed by atoms with Gasteiger partial charge in [0, 0.05) is 29.1 Å². The molecule has 1 aromatic carbocycles. The van der Waals surface area contributed by atoms with Gasteiger partial charge < -0.3 is 0 Å². The third-order valence-electron chi connectivity index (χ3n) is 6.54. The van der Waals surface area contributed by atoms with Gasteiger partial charge in [-0.1, -0.05) is 0 Å². The van der Waals surface area contributed by atoms with Gasteiger partial charge in [-0.15, -0.1) is 11.3 Å². The summed E-state index contributed by atoms with van der Waals surface area (Å²) >= 11 is 1.40. The highest BCUT2D eigenvalue weighted by Crippen LogP contribution is 2.47. The molecule has 3 aromatic heterocycles. The Morgan fingerprint density at radius 3 is 2.54 bits per heavy atom. The molecule has 4 aromatic rings. The second kappa shape index (κ2) is 8.52. The van der Waals surface area contributed by atoms with Crippen LogP contribution in [-0.2, 0) is 30.0 Å². The first-order valence-electron chi connectivity index (χ1n) is 11.1. The van der Waals surface area contributed by atoms with Crippen LogP contribution in [0.5, 0.6) is 0 Å². The van der Waals surface area contributed by atoms with Crippen molar-refractivity contribution in [1.82, 2.24) is 23.9 Å². The molecule has 5 rings (SSSR count). The minimum absolute atomic E-state index is 0.00887. The number of nitrogens with zero attached hydrogens (tertiary/aromatic N) is 5. The van der Waals surface area contributed by atoms with Gasteiger partial charge in [-0.2, -0.15) is 5.10 Å². The number of aryl methyl sites for hydroxylation is 2. The Morgan fingerprint density at radius 1 is 1.17 bits per heavy atom. The van der Waals surface area contributed by atoms with Gasteiger partial charge >= 0.3 is 5.69 Å². The van der Waals surface area contributed by atoms with Crippen molar-refractivity contribution in [3.63, 3.8) is 0 Å². The molecule has 0 bridgehead atoms. The molecule has 9 nitrogen and oxygen atoms in total. The van der Waals surface area contributed by atoms with Crippen molar-refractivity contribution in [1.29, 1.82) is 0 Å². The Bertz CT molecular complexity index is 1660. The van der Waals surface area contributed by atoms with Gasteiger partial charge in [-0.05, 0) is 38.0 Å². The van der Waals surface area contributed by atoms with Crippen molar-refractivity contribution in [3.8, 4) is 0 Å².